The maximum absolute atomic E-state index is 12.3. The van der Waals surface area contributed by atoms with Crippen molar-refractivity contribution in [3.8, 4) is 34.5 Å². The molecule has 1 N–H and O–H groups in total. The van der Waals surface area contributed by atoms with E-state index in [4.69, 9.17) is 21.1 Å². The lowest BCUT2D eigenvalue weighted by atomic mass is 9.95. The Bertz CT molecular complexity index is 1290. The Morgan fingerprint density at radius 1 is 0.825 bits per heavy atom. The molecule has 0 bridgehead atoms. The van der Waals surface area contributed by atoms with E-state index in [0.717, 1.165) is 35.3 Å². The lowest BCUT2D eigenvalue weighted by Crippen LogP contribution is -2.04. The molecule has 5 nitrogen and oxygen atoms in total. The van der Waals surface area contributed by atoms with Crippen molar-refractivity contribution >= 4 is 23.5 Å². The third-order valence-electron chi connectivity index (χ3n) is 6.49. The van der Waals surface area contributed by atoms with Gasteiger partial charge in [0.15, 0.2) is 0 Å². The molecule has 0 radical (unpaired) electrons. The summed E-state index contributed by atoms with van der Waals surface area (Å²) in [5.74, 6) is 5.40. The van der Waals surface area contributed by atoms with Gasteiger partial charge in [0.05, 0.1) is 12.2 Å². The number of benzene rings is 3. The number of hydrogen-bond donors (Lipinski definition) is 1. The highest BCUT2D eigenvalue weighted by Crippen LogP contribution is 2.28. The van der Waals surface area contributed by atoms with E-state index in [9.17, 15) is 14.7 Å². The van der Waals surface area contributed by atoms with Crippen LogP contribution in [0.25, 0.3) is 11.1 Å². The topological polar surface area (TPSA) is 72.8 Å². The Labute approximate surface area is 242 Å². The van der Waals surface area contributed by atoms with Crippen LogP contribution in [-0.2, 0) is 11.2 Å². The molecular weight excluding hydrogens is 524 g/mol. The van der Waals surface area contributed by atoms with E-state index in [2.05, 4.69) is 18.8 Å². The summed E-state index contributed by atoms with van der Waals surface area (Å²) in [5, 5.41) is 9.33. The molecule has 0 atom stereocenters. The number of halogens is 1. The fourth-order valence-corrected chi connectivity index (χ4v) is 4.45. The van der Waals surface area contributed by atoms with Crippen molar-refractivity contribution in [2.75, 3.05) is 12.5 Å². The molecule has 0 heterocycles. The second-order valence-electron chi connectivity index (χ2n) is 9.63. The van der Waals surface area contributed by atoms with Gasteiger partial charge in [0.25, 0.3) is 0 Å². The lowest BCUT2D eigenvalue weighted by molar-refractivity contribution is -0.128. The Morgan fingerprint density at radius 2 is 1.50 bits per heavy atom. The maximum atomic E-state index is 12.3. The second kappa shape index (κ2) is 17.0. The van der Waals surface area contributed by atoms with Gasteiger partial charge in [0.2, 0.25) is 0 Å². The van der Waals surface area contributed by atoms with Gasteiger partial charge in [-0.1, -0.05) is 69.6 Å². The molecule has 3 aromatic carbocycles. The van der Waals surface area contributed by atoms with Gasteiger partial charge < -0.3 is 14.6 Å². The van der Waals surface area contributed by atoms with E-state index in [0.29, 0.717) is 30.2 Å². The monoisotopic (exact) mass is 560 g/mol. The molecule has 0 spiro atoms. The summed E-state index contributed by atoms with van der Waals surface area (Å²) >= 11 is 5.85. The van der Waals surface area contributed by atoms with Crippen LogP contribution in [0.4, 0.5) is 0 Å². The SMILES string of the molecule is CCCCCCCCCOc1ccc(C#CC(=O)Oc2ccc(-c3ccc(C(=O)O)cc3CCCCl)cc2)cc1. The summed E-state index contributed by atoms with van der Waals surface area (Å²) in [4.78, 5) is 23.7. The molecule has 0 aromatic heterocycles. The molecule has 40 heavy (non-hydrogen) atoms. The Kier molecular flexibility index (Phi) is 13.1. The first-order valence-corrected chi connectivity index (χ1v) is 14.5. The fraction of sp³-hybridized carbons (Fsp3) is 0.353. The highest BCUT2D eigenvalue weighted by molar-refractivity contribution is 6.17. The molecule has 0 amide bonds. The Hall–Kier alpha value is -3.75. The van der Waals surface area contributed by atoms with Crippen molar-refractivity contribution in [2.24, 2.45) is 0 Å². The second-order valence-corrected chi connectivity index (χ2v) is 10.0. The summed E-state index contributed by atoms with van der Waals surface area (Å²) in [6, 6.07) is 19.5. The van der Waals surface area contributed by atoms with Crippen LogP contribution < -0.4 is 9.47 Å². The number of carbonyl (C=O) groups excluding carboxylic acids is 1. The van der Waals surface area contributed by atoms with E-state index in [1.165, 1.54) is 38.5 Å². The van der Waals surface area contributed by atoms with Crippen molar-refractivity contribution in [3.05, 3.63) is 83.4 Å². The summed E-state index contributed by atoms with van der Waals surface area (Å²) in [7, 11) is 0. The average Bonchev–Trinajstić information content (AvgIpc) is 2.97. The van der Waals surface area contributed by atoms with Gasteiger partial charge in [-0.05, 0) is 84.5 Å². The number of rotatable bonds is 15. The molecule has 3 aromatic rings. The van der Waals surface area contributed by atoms with Crippen molar-refractivity contribution in [2.45, 2.75) is 64.7 Å². The first-order chi connectivity index (χ1) is 19.5. The molecule has 3 rings (SSSR count). The molecule has 0 unspecified atom stereocenters. The average molecular weight is 561 g/mol. The Morgan fingerprint density at radius 3 is 2.17 bits per heavy atom. The standard InChI is InChI=1S/C34H37ClO5/c1-2-3-4-5-6-7-8-24-39-30-17-11-26(12-18-30)13-22-33(36)40-31-19-14-27(15-20-31)32-21-16-29(34(37)38)25-28(32)10-9-23-35/h11-12,14-21,25H,2-10,23-24H2,1H3,(H,37,38). The first-order valence-electron chi connectivity index (χ1n) is 14.0. The summed E-state index contributed by atoms with van der Waals surface area (Å²) in [6.45, 7) is 2.93. The fourth-order valence-electron chi connectivity index (χ4n) is 4.31. The molecule has 0 aliphatic carbocycles. The highest BCUT2D eigenvalue weighted by Gasteiger charge is 2.11. The van der Waals surface area contributed by atoms with E-state index in [1.807, 2.05) is 36.4 Å². The largest absolute Gasteiger partial charge is 0.494 e. The lowest BCUT2D eigenvalue weighted by Gasteiger charge is -2.11. The van der Waals surface area contributed by atoms with Crippen molar-refractivity contribution < 1.29 is 24.2 Å². The van der Waals surface area contributed by atoms with Crippen LogP contribution in [0.3, 0.4) is 0 Å². The molecule has 0 fully saturated rings. The van der Waals surface area contributed by atoms with Crippen molar-refractivity contribution in [1.82, 2.24) is 0 Å². The number of carbonyl (C=O) groups is 2. The normalized spacial score (nSPS) is 10.4. The van der Waals surface area contributed by atoms with Crippen LogP contribution in [0.1, 0.15) is 79.8 Å². The molecule has 0 saturated heterocycles. The minimum absolute atomic E-state index is 0.239. The van der Waals surface area contributed by atoms with Gasteiger partial charge >= 0.3 is 11.9 Å². The number of alkyl halides is 1. The summed E-state index contributed by atoms with van der Waals surface area (Å²) in [6.07, 6.45) is 10.1. The number of carboxylic acids is 1. The van der Waals surface area contributed by atoms with Gasteiger partial charge in [-0.15, -0.1) is 11.6 Å². The highest BCUT2D eigenvalue weighted by atomic mass is 35.5. The van der Waals surface area contributed by atoms with Crippen LogP contribution >= 0.6 is 11.6 Å². The quantitative estimate of drug-likeness (QED) is 0.0665. The van der Waals surface area contributed by atoms with E-state index >= 15 is 0 Å². The summed E-state index contributed by atoms with van der Waals surface area (Å²) in [5.41, 5.74) is 3.66. The third kappa shape index (κ3) is 10.4. The molecule has 0 aliphatic heterocycles. The minimum Gasteiger partial charge on any atom is -0.494 e. The van der Waals surface area contributed by atoms with Gasteiger partial charge in [-0.3, -0.25) is 0 Å². The van der Waals surface area contributed by atoms with Crippen LogP contribution in [0.15, 0.2) is 66.7 Å². The number of carboxylic acid groups (broad SMARTS) is 1. The van der Waals surface area contributed by atoms with Crippen LogP contribution in [0.5, 0.6) is 11.5 Å². The van der Waals surface area contributed by atoms with Gasteiger partial charge in [0.1, 0.15) is 11.5 Å². The number of ether oxygens (including phenoxy) is 2. The number of aromatic carboxylic acids is 1. The van der Waals surface area contributed by atoms with Crippen molar-refractivity contribution in [1.29, 1.82) is 0 Å². The molecule has 0 aliphatic rings. The first kappa shape index (κ1) is 30.8. The molecule has 0 saturated carbocycles. The zero-order valence-corrected chi connectivity index (χ0v) is 23.8. The molecule has 210 valence electrons. The van der Waals surface area contributed by atoms with Crippen LogP contribution in [0, 0.1) is 11.8 Å². The number of esters is 1. The Balaban J connectivity index is 1.50. The zero-order valence-electron chi connectivity index (χ0n) is 23.1. The van der Waals surface area contributed by atoms with Gasteiger partial charge in [-0.25, -0.2) is 9.59 Å². The third-order valence-corrected chi connectivity index (χ3v) is 6.75. The number of aryl methyl sites for hydroxylation is 1. The van der Waals surface area contributed by atoms with Gasteiger partial charge in [0, 0.05) is 17.4 Å². The molecular formula is C34H37ClO5. The summed E-state index contributed by atoms with van der Waals surface area (Å²) < 4.78 is 11.2. The van der Waals surface area contributed by atoms with Crippen molar-refractivity contribution in [3.63, 3.8) is 0 Å². The smallest absolute Gasteiger partial charge is 0.390 e. The van der Waals surface area contributed by atoms with Gasteiger partial charge in [-0.2, -0.15) is 0 Å². The number of hydrogen-bond acceptors (Lipinski definition) is 4. The van der Waals surface area contributed by atoms with E-state index in [1.54, 1.807) is 30.3 Å². The predicted octanol–water partition coefficient (Wildman–Crippen LogP) is 8.31. The zero-order chi connectivity index (χ0) is 28.6. The van der Waals surface area contributed by atoms with E-state index in [-0.39, 0.29) is 5.56 Å². The number of unbranched alkanes of at least 4 members (excludes halogenated alkanes) is 6. The molecule has 6 heteroatoms. The van der Waals surface area contributed by atoms with Crippen LogP contribution in [-0.4, -0.2) is 29.5 Å². The maximum Gasteiger partial charge on any atom is 0.390 e. The van der Waals surface area contributed by atoms with E-state index < -0.39 is 11.9 Å². The van der Waals surface area contributed by atoms with Crippen LogP contribution in [0.2, 0.25) is 0 Å². The predicted molar refractivity (Wildman–Crippen MR) is 160 cm³/mol. The minimum atomic E-state index is -0.967.